The Morgan fingerprint density at radius 3 is 1.16 bits per heavy atom. The average Bonchev–Trinajstić information content (AvgIpc) is 2.94. The minimum atomic E-state index is 0.885. The third kappa shape index (κ3) is 10.5. The Bertz CT molecular complexity index is 615. The number of hydrogen-bond donors (Lipinski definition) is 0. The summed E-state index contributed by atoms with van der Waals surface area (Å²) in [5.41, 5.74) is 3.17. The van der Waals surface area contributed by atoms with Crippen molar-refractivity contribution in [2.45, 2.75) is 155 Å². The number of ether oxygens (including phenoxy) is 1. The zero-order valence-corrected chi connectivity index (χ0v) is 25.0. The van der Waals surface area contributed by atoms with E-state index in [4.69, 9.17) is 4.74 Å². The summed E-state index contributed by atoms with van der Waals surface area (Å²) in [6.45, 7) is 6.47. The minimum absolute atomic E-state index is 0.885. The molecule has 0 aliphatic heterocycles. The van der Waals surface area contributed by atoms with Crippen molar-refractivity contribution in [1.29, 1.82) is 0 Å². The zero-order chi connectivity index (χ0) is 25.7. The van der Waals surface area contributed by atoms with Gasteiger partial charge in [0.05, 0.1) is 13.2 Å². The van der Waals surface area contributed by atoms with Gasteiger partial charge in [0.1, 0.15) is 0 Å². The first-order chi connectivity index (χ1) is 18.2. The summed E-state index contributed by atoms with van der Waals surface area (Å²) in [5.74, 6) is 6.07. The molecule has 0 heterocycles. The van der Waals surface area contributed by atoms with Crippen LogP contribution >= 0.6 is 0 Å². The Hall–Kier alpha value is -0.560. The fraction of sp³-hybridized carbons (Fsp3) is 0.889. The highest BCUT2D eigenvalue weighted by atomic mass is 16.5. The Morgan fingerprint density at radius 1 is 0.486 bits per heavy atom. The lowest BCUT2D eigenvalue weighted by atomic mass is 9.76. The lowest BCUT2D eigenvalue weighted by Crippen LogP contribution is -2.17. The van der Waals surface area contributed by atoms with Crippen LogP contribution in [-0.4, -0.2) is 13.2 Å². The molecule has 4 aliphatic rings. The van der Waals surface area contributed by atoms with Gasteiger partial charge in [-0.3, -0.25) is 0 Å². The van der Waals surface area contributed by atoms with Crippen LogP contribution < -0.4 is 0 Å². The van der Waals surface area contributed by atoms with Crippen LogP contribution in [0, 0.1) is 35.5 Å². The third-order valence-corrected chi connectivity index (χ3v) is 11.1. The highest BCUT2D eigenvalue weighted by Gasteiger charge is 2.24. The maximum atomic E-state index is 6.22. The summed E-state index contributed by atoms with van der Waals surface area (Å²) in [4.78, 5) is 0. The second-order valence-corrected chi connectivity index (χ2v) is 14.0. The van der Waals surface area contributed by atoms with Crippen molar-refractivity contribution in [1.82, 2.24) is 0 Å². The van der Waals surface area contributed by atoms with Gasteiger partial charge in [-0.25, -0.2) is 0 Å². The second kappa shape index (κ2) is 16.5. The van der Waals surface area contributed by atoms with E-state index in [0.717, 1.165) is 48.7 Å². The molecule has 1 heteroatoms. The van der Waals surface area contributed by atoms with Crippen LogP contribution in [0.1, 0.15) is 155 Å². The van der Waals surface area contributed by atoms with E-state index >= 15 is 0 Å². The largest absolute Gasteiger partial charge is 0.373 e. The molecule has 2 unspecified atom stereocenters. The topological polar surface area (TPSA) is 9.23 Å². The summed E-state index contributed by atoms with van der Waals surface area (Å²) >= 11 is 0. The minimum Gasteiger partial charge on any atom is -0.373 e. The molecule has 0 amide bonds. The molecule has 1 nitrogen and oxygen atoms in total. The first-order valence-electron chi connectivity index (χ1n) is 17.1. The van der Waals surface area contributed by atoms with Gasteiger partial charge >= 0.3 is 0 Å². The molecule has 0 aromatic rings. The molecule has 212 valence electrons. The lowest BCUT2D eigenvalue weighted by molar-refractivity contribution is 0.168. The Balaban J connectivity index is 1.02. The van der Waals surface area contributed by atoms with Crippen LogP contribution in [-0.2, 0) is 4.74 Å². The van der Waals surface area contributed by atoms with Crippen molar-refractivity contribution in [2.75, 3.05) is 13.2 Å². The van der Waals surface area contributed by atoms with E-state index in [0.29, 0.717) is 0 Å². The summed E-state index contributed by atoms with van der Waals surface area (Å²) in [7, 11) is 0. The standard InChI is InChI=1S/C36H62O/c1-3-5-29-7-11-31(12-8-29)15-17-33-19-23-35(24-20-33)27-37-28-36-25-21-34(22-26-36)18-16-32-13-9-30(6-4-2)10-14-32/h23,25,29-34H,3-22,24,26-28H2,1-2H3. The molecular weight excluding hydrogens is 448 g/mol. The maximum Gasteiger partial charge on any atom is 0.0681 e. The van der Waals surface area contributed by atoms with E-state index < -0.39 is 0 Å². The van der Waals surface area contributed by atoms with Crippen LogP contribution in [0.15, 0.2) is 23.3 Å². The first kappa shape index (κ1) is 29.4. The van der Waals surface area contributed by atoms with Crippen molar-refractivity contribution in [3.05, 3.63) is 23.3 Å². The summed E-state index contributed by atoms with van der Waals surface area (Å²) in [6, 6.07) is 0. The van der Waals surface area contributed by atoms with Crippen molar-refractivity contribution < 1.29 is 4.74 Å². The summed E-state index contributed by atoms with van der Waals surface area (Å²) < 4.78 is 6.22. The highest BCUT2D eigenvalue weighted by Crippen LogP contribution is 2.38. The predicted molar refractivity (Wildman–Crippen MR) is 161 cm³/mol. The van der Waals surface area contributed by atoms with Gasteiger partial charge in [-0.2, -0.15) is 0 Å². The number of allylic oxidation sites excluding steroid dienone is 2. The van der Waals surface area contributed by atoms with Gasteiger partial charge in [-0.1, -0.05) is 116 Å². The molecule has 2 atom stereocenters. The van der Waals surface area contributed by atoms with Gasteiger partial charge in [0.15, 0.2) is 0 Å². The average molecular weight is 511 g/mol. The molecule has 0 bridgehead atoms. The van der Waals surface area contributed by atoms with Crippen molar-refractivity contribution >= 4 is 0 Å². The molecule has 0 radical (unpaired) electrons. The lowest BCUT2D eigenvalue weighted by Gasteiger charge is -2.30. The van der Waals surface area contributed by atoms with Gasteiger partial charge in [-0.05, 0) is 98.0 Å². The fourth-order valence-electron chi connectivity index (χ4n) is 8.36. The fourth-order valence-corrected chi connectivity index (χ4v) is 8.36. The molecule has 0 aromatic carbocycles. The SMILES string of the molecule is CCCC1CCC(CCC2CC=C(COCC3=CCC(CCC4CCC(CCC)CC4)CC3)CC2)CC1. The smallest absolute Gasteiger partial charge is 0.0681 e. The summed E-state index contributed by atoms with van der Waals surface area (Å²) in [5, 5.41) is 0. The Morgan fingerprint density at radius 2 is 0.838 bits per heavy atom. The van der Waals surface area contributed by atoms with Crippen LogP contribution in [0.2, 0.25) is 0 Å². The third-order valence-electron chi connectivity index (χ3n) is 11.1. The molecule has 0 spiro atoms. The van der Waals surface area contributed by atoms with Crippen molar-refractivity contribution in [3.8, 4) is 0 Å². The van der Waals surface area contributed by atoms with Crippen LogP contribution in [0.25, 0.3) is 0 Å². The van der Waals surface area contributed by atoms with Crippen molar-refractivity contribution in [3.63, 3.8) is 0 Å². The van der Waals surface area contributed by atoms with Gasteiger partial charge in [0.25, 0.3) is 0 Å². The molecular formula is C36H62O. The molecule has 4 rings (SSSR count). The molecule has 0 saturated heterocycles. The van der Waals surface area contributed by atoms with Gasteiger partial charge in [-0.15, -0.1) is 0 Å². The molecule has 2 saturated carbocycles. The number of rotatable bonds is 14. The van der Waals surface area contributed by atoms with Gasteiger partial charge in [0.2, 0.25) is 0 Å². The monoisotopic (exact) mass is 510 g/mol. The normalized spacial score (nSPS) is 33.1. The van der Waals surface area contributed by atoms with E-state index in [1.54, 1.807) is 11.1 Å². The van der Waals surface area contributed by atoms with E-state index in [1.807, 2.05) is 0 Å². The number of hydrogen-bond acceptors (Lipinski definition) is 1. The van der Waals surface area contributed by atoms with Crippen LogP contribution in [0.5, 0.6) is 0 Å². The van der Waals surface area contributed by atoms with E-state index in [1.165, 1.54) is 141 Å². The Kier molecular flexibility index (Phi) is 13.1. The first-order valence-corrected chi connectivity index (χ1v) is 17.1. The van der Waals surface area contributed by atoms with E-state index in [-0.39, 0.29) is 0 Å². The molecule has 37 heavy (non-hydrogen) atoms. The van der Waals surface area contributed by atoms with Crippen LogP contribution in [0.3, 0.4) is 0 Å². The van der Waals surface area contributed by atoms with Gasteiger partial charge < -0.3 is 4.74 Å². The second-order valence-electron chi connectivity index (χ2n) is 14.0. The van der Waals surface area contributed by atoms with Crippen molar-refractivity contribution in [2.24, 2.45) is 35.5 Å². The molecule has 0 N–H and O–H groups in total. The zero-order valence-electron chi connectivity index (χ0n) is 25.0. The Labute approximate surface area is 231 Å². The summed E-state index contributed by atoms with van der Waals surface area (Å²) in [6.07, 6.45) is 36.9. The molecule has 4 aliphatic carbocycles. The molecule has 0 aromatic heterocycles. The van der Waals surface area contributed by atoms with E-state index in [9.17, 15) is 0 Å². The van der Waals surface area contributed by atoms with Crippen LogP contribution in [0.4, 0.5) is 0 Å². The van der Waals surface area contributed by atoms with Gasteiger partial charge in [0, 0.05) is 0 Å². The predicted octanol–water partition coefficient (Wildman–Crippen LogP) is 11.2. The quantitative estimate of drug-likeness (QED) is 0.211. The van der Waals surface area contributed by atoms with E-state index in [2.05, 4.69) is 26.0 Å². The molecule has 2 fully saturated rings. The highest BCUT2D eigenvalue weighted by molar-refractivity contribution is 5.09. The maximum absolute atomic E-state index is 6.22.